The lowest BCUT2D eigenvalue weighted by atomic mass is 9.96. The number of allylic oxidation sites excluding steroid dienone is 6. The lowest BCUT2D eigenvalue weighted by Gasteiger charge is -2.35. The zero-order chi connectivity index (χ0) is 23.7. The van der Waals surface area contributed by atoms with Crippen LogP contribution in [-0.2, 0) is 17.7 Å². The third-order valence-electron chi connectivity index (χ3n) is 6.06. The van der Waals surface area contributed by atoms with Crippen LogP contribution < -0.4 is 0 Å². The van der Waals surface area contributed by atoms with Crippen molar-refractivity contribution in [1.29, 1.82) is 0 Å². The van der Waals surface area contributed by atoms with E-state index in [0.29, 0.717) is 17.4 Å². The van der Waals surface area contributed by atoms with Gasteiger partial charge in [0.25, 0.3) is 0 Å². The van der Waals surface area contributed by atoms with Crippen molar-refractivity contribution in [2.75, 3.05) is 25.4 Å². The van der Waals surface area contributed by atoms with Crippen molar-refractivity contribution in [2.24, 2.45) is 5.92 Å². The van der Waals surface area contributed by atoms with Gasteiger partial charge in [-0.2, -0.15) is 10.6 Å². The van der Waals surface area contributed by atoms with E-state index in [9.17, 15) is 9.11 Å². The molecule has 0 radical (unpaired) electrons. The normalized spacial score (nSPS) is 20.3. The van der Waals surface area contributed by atoms with Gasteiger partial charge in [0, 0.05) is 13.0 Å². The Hall–Kier alpha value is -2.05. The molecule has 1 fully saturated rings. The summed E-state index contributed by atoms with van der Waals surface area (Å²) in [5.41, 5.74) is 3.64. The summed E-state index contributed by atoms with van der Waals surface area (Å²) in [6, 6.07) is 8.87. The number of nitrogens with zero attached hydrogens (tertiary/aromatic N) is 1. The first-order valence-electron chi connectivity index (χ1n) is 11.9. The average molecular weight is 470 g/mol. The summed E-state index contributed by atoms with van der Waals surface area (Å²) < 4.78 is 27.3. The molecule has 0 bridgehead atoms. The van der Waals surface area contributed by atoms with Crippen LogP contribution in [0.5, 0.6) is 0 Å². The summed E-state index contributed by atoms with van der Waals surface area (Å²) in [6.45, 7) is 12.0. The fourth-order valence-electron chi connectivity index (χ4n) is 4.28. The van der Waals surface area contributed by atoms with Gasteiger partial charge >= 0.3 is 0 Å². The summed E-state index contributed by atoms with van der Waals surface area (Å²) in [5.74, 6) is 1.32. The van der Waals surface area contributed by atoms with Crippen molar-refractivity contribution < 1.29 is 13.8 Å². The molecule has 0 amide bonds. The molecule has 0 saturated carbocycles. The minimum atomic E-state index is -2.93. The van der Waals surface area contributed by atoms with Crippen LogP contribution >= 0.6 is 10.6 Å². The number of benzene rings is 1. The predicted molar refractivity (Wildman–Crippen MR) is 141 cm³/mol. The summed E-state index contributed by atoms with van der Waals surface area (Å²) in [6.07, 6.45) is 15.6. The molecule has 1 aromatic rings. The van der Waals surface area contributed by atoms with Gasteiger partial charge < -0.3 is 4.74 Å². The molecule has 1 saturated heterocycles. The van der Waals surface area contributed by atoms with Gasteiger partial charge in [0.1, 0.15) is 5.76 Å². The summed E-state index contributed by atoms with van der Waals surface area (Å²) >= 11 is 0. The zero-order valence-corrected chi connectivity index (χ0v) is 20.9. The van der Waals surface area contributed by atoms with E-state index in [1.54, 1.807) is 12.2 Å². The molecule has 1 aliphatic carbocycles. The molecule has 2 N–H and O–H groups in total. The molecule has 1 atom stereocenters. The molecule has 4 nitrogen and oxygen atoms in total. The summed E-state index contributed by atoms with van der Waals surface area (Å²) in [7, 11) is -2.93. The third kappa shape index (κ3) is 8.35. The van der Waals surface area contributed by atoms with Crippen LogP contribution in [0.4, 0.5) is 0 Å². The van der Waals surface area contributed by atoms with Gasteiger partial charge in [-0.1, -0.05) is 56.0 Å². The number of hydrogen-bond acceptors (Lipinski definition) is 4. The van der Waals surface area contributed by atoms with Gasteiger partial charge in [0.2, 0.25) is 0 Å². The van der Waals surface area contributed by atoms with E-state index in [1.165, 1.54) is 37.1 Å². The highest BCUT2D eigenvalue weighted by molar-refractivity contribution is 8.27. The molecule has 0 aromatic heterocycles. The first-order chi connectivity index (χ1) is 15.9. The van der Waals surface area contributed by atoms with Gasteiger partial charge in [-0.3, -0.25) is 14.0 Å². The largest absolute Gasteiger partial charge is 0.494 e. The highest BCUT2D eigenvalue weighted by Crippen LogP contribution is 2.50. The molecule has 1 aromatic carbocycles. The predicted octanol–water partition coefficient (Wildman–Crippen LogP) is 7.09. The number of ether oxygens (including phenoxy) is 1. The van der Waals surface area contributed by atoms with Gasteiger partial charge in [0.05, 0.1) is 17.3 Å². The minimum absolute atomic E-state index is 0.204. The Morgan fingerprint density at radius 1 is 1.15 bits per heavy atom. The standard InChI is InChI=1S/C28H39NO3S/c1-4-5-6-9-24(3)33(30,31)22-27-18-23(2)19-28(20-27)32-17-14-25-10-12-26(13-11-25)21-29-15-7-8-16-29/h4-6,9-13,19-20,23,30-31H,3,7-8,14-18,21-22H2,1-2H3/b5-4-,9-6-. The van der Waals surface area contributed by atoms with E-state index < -0.39 is 10.6 Å². The highest BCUT2D eigenvalue weighted by Gasteiger charge is 2.21. The highest BCUT2D eigenvalue weighted by atomic mass is 32.3. The van der Waals surface area contributed by atoms with Crippen molar-refractivity contribution in [3.05, 3.63) is 94.7 Å². The molecule has 33 heavy (non-hydrogen) atoms. The fourth-order valence-corrected chi connectivity index (χ4v) is 5.48. The first kappa shape index (κ1) is 25.6. The van der Waals surface area contributed by atoms with E-state index in [4.69, 9.17) is 4.74 Å². The first-order valence-corrected chi connectivity index (χ1v) is 13.7. The van der Waals surface area contributed by atoms with Crippen molar-refractivity contribution in [1.82, 2.24) is 4.90 Å². The van der Waals surface area contributed by atoms with Gasteiger partial charge in [-0.25, -0.2) is 0 Å². The van der Waals surface area contributed by atoms with Crippen LogP contribution in [0.2, 0.25) is 0 Å². The van der Waals surface area contributed by atoms with Crippen molar-refractivity contribution >= 4 is 10.6 Å². The molecular formula is C28H39NO3S. The lowest BCUT2D eigenvalue weighted by molar-refractivity contribution is 0.223. The Balaban J connectivity index is 1.50. The molecule has 2 aliphatic rings. The number of rotatable bonds is 11. The smallest absolute Gasteiger partial charge is 0.115 e. The Labute approximate surface area is 201 Å². The second-order valence-corrected chi connectivity index (χ2v) is 11.3. The molecule has 1 aliphatic heterocycles. The van der Waals surface area contributed by atoms with Gasteiger partial charge in [0.15, 0.2) is 0 Å². The van der Waals surface area contributed by atoms with Crippen LogP contribution in [0.25, 0.3) is 0 Å². The maximum absolute atomic E-state index is 10.6. The molecule has 1 heterocycles. The van der Waals surface area contributed by atoms with E-state index >= 15 is 0 Å². The fraction of sp³-hybridized carbons (Fsp3) is 0.429. The monoisotopic (exact) mass is 469 g/mol. The number of hydrogen-bond donors (Lipinski definition) is 2. The van der Waals surface area contributed by atoms with Crippen LogP contribution in [0.1, 0.15) is 44.2 Å². The Bertz CT molecular complexity index is 906. The molecule has 5 heteroatoms. The van der Waals surface area contributed by atoms with Crippen LogP contribution in [0, 0.1) is 5.92 Å². The van der Waals surface area contributed by atoms with E-state index in [0.717, 1.165) is 30.7 Å². The Kier molecular flexibility index (Phi) is 9.63. The second-order valence-electron chi connectivity index (χ2n) is 9.11. The maximum Gasteiger partial charge on any atom is 0.115 e. The lowest BCUT2D eigenvalue weighted by Crippen LogP contribution is -2.18. The Morgan fingerprint density at radius 3 is 2.55 bits per heavy atom. The Morgan fingerprint density at radius 2 is 1.85 bits per heavy atom. The van der Waals surface area contributed by atoms with Gasteiger partial charge in [-0.15, -0.1) is 0 Å². The maximum atomic E-state index is 10.6. The van der Waals surface area contributed by atoms with Crippen LogP contribution in [0.15, 0.2) is 83.5 Å². The van der Waals surface area contributed by atoms with E-state index in [2.05, 4.69) is 48.7 Å². The van der Waals surface area contributed by atoms with Gasteiger partial charge in [-0.05, 0) is 80.1 Å². The summed E-state index contributed by atoms with van der Waals surface area (Å²) in [4.78, 5) is 2.88. The third-order valence-corrected chi connectivity index (χ3v) is 7.81. The molecule has 3 rings (SSSR count). The minimum Gasteiger partial charge on any atom is -0.494 e. The van der Waals surface area contributed by atoms with Crippen LogP contribution in [0.3, 0.4) is 0 Å². The molecule has 1 unspecified atom stereocenters. The summed E-state index contributed by atoms with van der Waals surface area (Å²) in [5, 5.41) is 0. The quantitative estimate of drug-likeness (QED) is 0.340. The zero-order valence-electron chi connectivity index (χ0n) is 20.1. The molecule has 0 spiro atoms. The second kappa shape index (κ2) is 12.4. The topological polar surface area (TPSA) is 52.9 Å². The number of likely N-dealkylation sites (tertiary alicyclic amines) is 1. The van der Waals surface area contributed by atoms with E-state index in [-0.39, 0.29) is 5.75 Å². The molecular weight excluding hydrogens is 430 g/mol. The molecule has 180 valence electrons. The SMILES string of the molecule is C=C(/C=C\C=C/C)S(O)(O)CC1=CC(OCCc2ccc(CN3CCCC3)cc2)=CC(C)C1. The van der Waals surface area contributed by atoms with Crippen LogP contribution in [-0.4, -0.2) is 39.5 Å². The van der Waals surface area contributed by atoms with Crippen molar-refractivity contribution in [3.63, 3.8) is 0 Å². The van der Waals surface area contributed by atoms with Crippen molar-refractivity contribution in [3.8, 4) is 0 Å². The van der Waals surface area contributed by atoms with Crippen molar-refractivity contribution in [2.45, 2.75) is 46.1 Å². The average Bonchev–Trinajstić information content (AvgIpc) is 3.27. The van der Waals surface area contributed by atoms with E-state index in [1.807, 2.05) is 25.2 Å².